The smallest absolute Gasteiger partial charge is 0.150 e. The Morgan fingerprint density at radius 1 is 1.29 bits per heavy atom. The molecule has 0 N–H and O–H groups in total. The van der Waals surface area contributed by atoms with Gasteiger partial charge in [-0.1, -0.05) is 19.9 Å². The number of ketones is 1. The Labute approximate surface area is 167 Å². The van der Waals surface area contributed by atoms with Gasteiger partial charge < -0.3 is 4.74 Å². The van der Waals surface area contributed by atoms with Crippen LogP contribution in [0.4, 0.5) is 4.39 Å². The highest BCUT2D eigenvalue weighted by molar-refractivity contribution is 5.85. The van der Waals surface area contributed by atoms with E-state index in [-0.39, 0.29) is 17.8 Å². The van der Waals surface area contributed by atoms with E-state index >= 15 is 0 Å². The minimum absolute atomic E-state index is 0.0915. The first kappa shape index (κ1) is 19.4. The van der Waals surface area contributed by atoms with E-state index < -0.39 is 0 Å². The maximum Gasteiger partial charge on any atom is 0.150 e. The number of halogens is 1. The number of hydrogen-bond donors (Lipinski definition) is 0. The van der Waals surface area contributed by atoms with Gasteiger partial charge in [0, 0.05) is 30.0 Å². The molecule has 2 atom stereocenters. The molecular formula is C24H30FNO2. The summed E-state index contributed by atoms with van der Waals surface area (Å²) in [5.41, 5.74) is 5.61. The molecule has 150 valence electrons. The van der Waals surface area contributed by atoms with Crippen LogP contribution in [-0.2, 0) is 11.2 Å². The molecule has 0 bridgehead atoms. The van der Waals surface area contributed by atoms with Crippen molar-refractivity contribution in [1.82, 2.24) is 4.90 Å². The molecule has 2 aliphatic heterocycles. The Morgan fingerprint density at radius 2 is 2.07 bits per heavy atom. The Balaban J connectivity index is 1.43. The number of Topliss-reactive ketones (excluding diaryl/α,β-unsaturated/α-hetero) is 1. The summed E-state index contributed by atoms with van der Waals surface area (Å²) in [7, 11) is 0. The highest BCUT2D eigenvalue weighted by Crippen LogP contribution is 2.38. The summed E-state index contributed by atoms with van der Waals surface area (Å²) in [6.07, 6.45) is 6.66. The first-order valence-corrected chi connectivity index (χ1v) is 10.7. The Morgan fingerprint density at radius 3 is 2.75 bits per heavy atom. The number of allylic oxidation sites excluding steroid dienone is 1. The lowest BCUT2D eigenvalue weighted by atomic mass is 9.80. The topological polar surface area (TPSA) is 29.5 Å². The van der Waals surface area contributed by atoms with Crippen LogP contribution in [0.15, 0.2) is 24.4 Å². The average molecular weight is 384 g/mol. The van der Waals surface area contributed by atoms with Crippen LogP contribution in [0.5, 0.6) is 5.75 Å². The number of ether oxygens (including phenoxy) is 1. The summed E-state index contributed by atoms with van der Waals surface area (Å²) in [5.74, 6) is 1.65. The predicted octanol–water partition coefficient (Wildman–Crippen LogP) is 4.79. The molecule has 0 spiro atoms. The lowest BCUT2D eigenvalue weighted by molar-refractivity contribution is -0.128. The minimum Gasteiger partial charge on any atom is -0.493 e. The SMILES string of the molecule is C=C=C(c1cc2c(cc1F)OCC2)C1CCN(C2CCC(CC)CC2=O)CC1. The van der Waals surface area contributed by atoms with Crippen molar-refractivity contribution in [3.8, 4) is 5.75 Å². The van der Waals surface area contributed by atoms with Crippen molar-refractivity contribution in [3.05, 3.63) is 41.4 Å². The molecule has 0 amide bonds. The van der Waals surface area contributed by atoms with E-state index in [1.807, 2.05) is 6.07 Å². The van der Waals surface area contributed by atoms with Gasteiger partial charge in [-0.15, -0.1) is 5.73 Å². The fourth-order valence-electron chi connectivity index (χ4n) is 5.18. The molecule has 0 radical (unpaired) electrons. The molecule has 4 heteroatoms. The second-order valence-corrected chi connectivity index (χ2v) is 8.48. The van der Waals surface area contributed by atoms with Gasteiger partial charge in [0.1, 0.15) is 17.3 Å². The molecule has 3 aliphatic rings. The predicted molar refractivity (Wildman–Crippen MR) is 109 cm³/mol. The van der Waals surface area contributed by atoms with Crippen molar-refractivity contribution in [3.63, 3.8) is 0 Å². The highest BCUT2D eigenvalue weighted by atomic mass is 19.1. The first-order chi connectivity index (χ1) is 13.6. The molecule has 1 aromatic rings. The van der Waals surface area contributed by atoms with Crippen LogP contribution in [0.2, 0.25) is 0 Å². The maximum absolute atomic E-state index is 14.7. The van der Waals surface area contributed by atoms with E-state index in [0.717, 1.165) is 69.2 Å². The molecule has 2 fully saturated rings. The van der Waals surface area contributed by atoms with Crippen LogP contribution in [0, 0.1) is 17.7 Å². The minimum atomic E-state index is -0.248. The van der Waals surface area contributed by atoms with Crippen molar-refractivity contribution in [2.45, 2.75) is 57.9 Å². The van der Waals surface area contributed by atoms with Gasteiger partial charge in [0.2, 0.25) is 0 Å². The van der Waals surface area contributed by atoms with Gasteiger partial charge in [0.15, 0.2) is 0 Å². The second kappa shape index (κ2) is 8.23. The fourth-order valence-corrected chi connectivity index (χ4v) is 5.18. The summed E-state index contributed by atoms with van der Waals surface area (Å²) in [4.78, 5) is 14.9. The summed E-state index contributed by atoms with van der Waals surface area (Å²) in [5, 5.41) is 0. The van der Waals surface area contributed by atoms with Crippen molar-refractivity contribution < 1.29 is 13.9 Å². The quantitative estimate of drug-likeness (QED) is 0.700. The second-order valence-electron chi connectivity index (χ2n) is 8.48. The molecule has 0 aromatic heterocycles. The van der Waals surface area contributed by atoms with Crippen LogP contribution in [0.1, 0.15) is 56.6 Å². The number of hydrogen-bond acceptors (Lipinski definition) is 3. The number of benzene rings is 1. The van der Waals surface area contributed by atoms with Gasteiger partial charge in [-0.2, -0.15) is 0 Å². The zero-order valence-corrected chi connectivity index (χ0v) is 16.8. The molecule has 1 aliphatic carbocycles. The van der Waals surface area contributed by atoms with Crippen molar-refractivity contribution in [1.29, 1.82) is 0 Å². The molecule has 4 rings (SSSR count). The number of likely N-dealkylation sites (tertiary alicyclic amines) is 1. The largest absolute Gasteiger partial charge is 0.493 e. The third-order valence-electron chi connectivity index (χ3n) is 6.93. The molecule has 2 unspecified atom stereocenters. The molecule has 2 heterocycles. The molecule has 1 aromatic carbocycles. The molecule has 28 heavy (non-hydrogen) atoms. The van der Waals surface area contributed by atoms with Crippen molar-refractivity contribution in [2.75, 3.05) is 19.7 Å². The normalized spacial score (nSPS) is 25.9. The first-order valence-electron chi connectivity index (χ1n) is 10.7. The molecule has 1 saturated heterocycles. The van der Waals surface area contributed by atoms with Gasteiger partial charge in [0.05, 0.1) is 12.6 Å². The third kappa shape index (κ3) is 3.68. The van der Waals surface area contributed by atoms with Gasteiger partial charge in [-0.25, -0.2) is 4.39 Å². The summed E-state index contributed by atoms with van der Waals surface area (Å²) < 4.78 is 20.2. The fraction of sp³-hybridized carbons (Fsp3) is 0.583. The maximum atomic E-state index is 14.7. The van der Waals surface area contributed by atoms with E-state index in [9.17, 15) is 9.18 Å². The van der Waals surface area contributed by atoms with Crippen LogP contribution in [-0.4, -0.2) is 36.4 Å². The van der Waals surface area contributed by atoms with Crippen molar-refractivity contribution in [2.24, 2.45) is 11.8 Å². The number of rotatable bonds is 4. The van der Waals surface area contributed by atoms with Crippen LogP contribution in [0.3, 0.4) is 0 Å². The van der Waals surface area contributed by atoms with Gasteiger partial charge in [0.25, 0.3) is 0 Å². The molecule has 1 saturated carbocycles. The number of carbonyl (C=O) groups excluding carboxylic acids is 1. The van der Waals surface area contributed by atoms with Crippen LogP contribution >= 0.6 is 0 Å². The standard InChI is InChI=1S/C24H30FNO2/c1-3-16-5-6-22(23(27)13-16)26-10-7-17(8-11-26)19(4-2)20-14-18-9-12-28-24(18)15-21(20)25/h14-17,22H,2-3,5-13H2,1H3. The van der Waals surface area contributed by atoms with Gasteiger partial charge >= 0.3 is 0 Å². The van der Waals surface area contributed by atoms with Crippen LogP contribution < -0.4 is 4.74 Å². The number of nitrogens with zero attached hydrogens (tertiary/aromatic N) is 1. The van der Waals surface area contributed by atoms with E-state index in [1.54, 1.807) is 0 Å². The lowest BCUT2D eigenvalue weighted by Gasteiger charge is -2.40. The van der Waals surface area contributed by atoms with E-state index in [0.29, 0.717) is 29.6 Å². The highest BCUT2D eigenvalue weighted by Gasteiger charge is 2.35. The third-order valence-corrected chi connectivity index (χ3v) is 6.93. The summed E-state index contributed by atoms with van der Waals surface area (Å²) >= 11 is 0. The van der Waals surface area contributed by atoms with Crippen molar-refractivity contribution >= 4 is 11.4 Å². The average Bonchev–Trinajstić information content (AvgIpc) is 3.16. The monoisotopic (exact) mass is 383 g/mol. The molecular weight excluding hydrogens is 353 g/mol. The summed E-state index contributed by atoms with van der Waals surface area (Å²) in [6.45, 7) is 8.43. The Hall–Kier alpha value is -1.90. The number of fused-ring (bicyclic) bond motifs is 1. The van der Waals surface area contributed by atoms with E-state index in [4.69, 9.17) is 4.74 Å². The Kier molecular flexibility index (Phi) is 5.70. The number of piperidine rings is 1. The van der Waals surface area contributed by atoms with Gasteiger partial charge in [-0.05, 0) is 62.2 Å². The zero-order chi connectivity index (χ0) is 19.7. The van der Waals surface area contributed by atoms with Crippen LogP contribution in [0.25, 0.3) is 5.57 Å². The lowest BCUT2D eigenvalue weighted by Crippen LogP contribution is -2.48. The zero-order valence-electron chi connectivity index (χ0n) is 16.8. The van der Waals surface area contributed by atoms with Gasteiger partial charge in [-0.3, -0.25) is 9.69 Å². The van der Waals surface area contributed by atoms with E-state index in [1.165, 1.54) is 6.07 Å². The van der Waals surface area contributed by atoms with E-state index in [2.05, 4.69) is 24.1 Å². The molecule has 3 nitrogen and oxygen atoms in total. The number of carbonyl (C=O) groups is 1. The Bertz CT molecular complexity index is 803. The summed E-state index contributed by atoms with van der Waals surface area (Å²) in [6, 6.07) is 3.52.